The van der Waals surface area contributed by atoms with Crippen molar-refractivity contribution in [1.29, 1.82) is 0 Å². The molecule has 2 heteroatoms. The highest BCUT2D eigenvalue weighted by Crippen LogP contribution is 2.23. The van der Waals surface area contributed by atoms with Crippen LogP contribution in [0.15, 0.2) is 0 Å². The third-order valence-corrected chi connectivity index (χ3v) is 3.43. The van der Waals surface area contributed by atoms with Gasteiger partial charge in [0.05, 0.1) is 0 Å². The van der Waals surface area contributed by atoms with E-state index in [-0.39, 0.29) is 0 Å². The average molecular weight is 182 g/mol. The molecule has 1 aliphatic heterocycles. The lowest BCUT2D eigenvalue weighted by Crippen LogP contribution is -2.43. The highest BCUT2D eigenvalue weighted by atomic mass is 15.5. The molecule has 0 atom stereocenters. The molecule has 0 spiro atoms. The molecular formula is C11H22N2. The number of nitrogens with one attached hydrogen (secondary N) is 1. The van der Waals surface area contributed by atoms with Crippen LogP contribution >= 0.6 is 0 Å². The molecule has 0 aromatic rings. The number of nitrogens with zero attached hydrogens (tertiary/aromatic N) is 1. The van der Waals surface area contributed by atoms with Gasteiger partial charge in [-0.3, -0.25) is 5.43 Å². The van der Waals surface area contributed by atoms with Crippen LogP contribution in [0.5, 0.6) is 0 Å². The van der Waals surface area contributed by atoms with Gasteiger partial charge in [-0.25, -0.2) is 5.01 Å². The zero-order valence-electron chi connectivity index (χ0n) is 8.60. The van der Waals surface area contributed by atoms with Gasteiger partial charge in [-0.05, 0) is 31.6 Å². The van der Waals surface area contributed by atoms with Crippen LogP contribution in [0.1, 0.15) is 44.9 Å². The molecule has 1 saturated heterocycles. The first-order valence-corrected chi connectivity index (χ1v) is 5.93. The van der Waals surface area contributed by atoms with Crippen molar-refractivity contribution in [3.63, 3.8) is 0 Å². The fourth-order valence-corrected chi connectivity index (χ4v) is 2.52. The summed E-state index contributed by atoms with van der Waals surface area (Å²) in [6.45, 7) is 3.78. The summed E-state index contributed by atoms with van der Waals surface area (Å²) in [6, 6.07) is 0. The van der Waals surface area contributed by atoms with Crippen LogP contribution in [-0.2, 0) is 0 Å². The van der Waals surface area contributed by atoms with Crippen molar-refractivity contribution in [2.45, 2.75) is 44.9 Å². The predicted octanol–water partition coefficient (Wildman–Crippen LogP) is 2.17. The van der Waals surface area contributed by atoms with E-state index in [2.05, 4.69) is 10.4 Å². The fraction of sp³-hybridized carbons (Fsp3) is 1.00. The minimum absolute atomic E-state index is 0.974. The standard InChI is InChI=1S/C11H22N2/c1-4-8-13(9-5-1)12-10-11-6-2-3-7-11/h11-12H,1-10H2. The third kappa shape index (κ3) is 2.96. The Morgan fingerprint density at radius 1 is 0.923 bits per heavy atom. The second-order valence-corrected chi connectivity index (χ2v) is 4.56. The summed E-state index contributed by atoms with van der Waals surface area (Å²) in [6.07, 6.45) is 10.1. The molecule has 0 amide bonds. The molecular weight excluding hydrogens is 160 g/mol. The van der Waals surface area contributed by atoms with Crippen LogP contribution in [0.3, 0.4) is 0 Å². The summed E-state index contributed by atoms with van der Waals surface area (Å²) in [7, 11) is 0. The molecule has 0 unspecified atom stereocenters. The summed E-state index contributed by atoms with van der Waals surface area (Å²) in [4.78, 5) is 0. The first-order valence-electron chi connectivity index (χ1n) is 5.93. The number of hydrazine groups is 1. The van der Waals surface area contributed by atoms with E-state index in [4.69, 9.17) is 0 Å². The fourth-order valence-electron chi connectivity index (χ4n) is 2.52. The largest absolute Gasteiger partial charge is 0.255 e. The Labute approximate surface area is 81.7 Å². The lowest BCUT2D eigenvalue weighted by molar-refractivity contribution is 0.144. The van der Waals surface area contributed by atoms with E-state index < -0.39 is 0 Å². The SMILES string of the molecule is C1CCN(NCC2CCCC2)CC1. The van der Waals surface area contributed by atoms with E-state index in [1.165, 1.54) is 64.6 Å². The van der Waals surface area contributed by atoms with Crippen molar-refractivity contribution in [1.82, 2.24) is 10.4 Å². The highest BCUT2D eigenvalue weighted by Gasteiger charge is 2.16. The smallest absolute Gasteiger partial charge is 0.0131 e. The zero-order valence-corrected chi connectivity index (χ0v) is 8.60. The average Bonchev–Trinajstić information content (AvgIpc) is 2.69. The molecule has 2 rings (SSSR count). The molecule has 2 nitrogen and oxygen atoms in total. The first kappa shape index (κ1) is 9.47. The summed E-state index contributed by atoms with van der Waals surface area (Å²) in [5.41, 5.74) is 3.60. The quantitative estimate of drug-likeness (QED) is 0.719. The van der Waals surface area contributed by atoms with Crippen molar-refractivity contribution >= 4 is 0 Å². The van der Waals surface area contributed by atoms with Gasteiger partial charge in [0.25, 0.3) is 0 Å². The molecule has 0 aromatic carbocycles. The van der Waals surface area contributed by atoms with Gasteiger partial charge in [-0.2, -0.15) is 0 Å². The number of piperidine rings is 1. The number of rotatable bonds is 3. The minimum atomic E-state index is 0.974. The molecule has 1 saturated carbocycles. The van der Waals surface area contributed by atoms with Gasteiger partial charge in [0, 0.05) is 19.6 Å². The maximum absolute atomic E-state index is 3.60. The van der Waals surface area contributed by atoms with Crippen molar-refractivity contribution < 1.29 is 0 Å². The van der Waals surface area contributed by atoms with Crippen LogP contribution in [0.4, 0.5) is 0 Å². The second-order valence-electron chi connectivity index (χ2n) is 4.56. The maximum Gasteiger partial charge on any atom is 0.0131 e. The topological polar surface area (TPSA) is 15.3 Å². The normalized spacial score (nSPS) is 26.8. The van der Waals surface area contributed by atoms with Gasteiger partial charge in [0.2, 0.25) is 0 Å². The summed E-state index contributed by atoms with van der Waals surface area (Å²) in [5.74, 6) is 0.974. The van der Waals surface area contributed by atoms with Crippen molar-refractivity contribution in [3.8, 4) is 0 Å². The molecule has 0 bridgehead atoms. The summed E-state index contributed by atoms with van der Waals surface area (Å²) < 4.78 is 0. The highest BCUT2D eigenvalue weighted by molar-refractivity contribution is 4.70. The lowest BCUT2D eigenvalue weighted by Gasteiger charge is -2.28. The monoisotopic (exact) mass is 182 g/mol. The van der Waals surface area contributed by atoms with Gasteiger partial charge in [-0.15, -0.1) is 0 Å². The molecule has 1 N–H and O–H groups in total. The van der Waals surface area contributed by atoms with Gasteiger partial charge in [-0.1, -0.05) is 19.3 Å². The molecule has 13 heavy (non-hydrogen) atoms. The first-order chi connectivity index (χ1) is 6.45. The van der Waals surface area contributed by atoms with E-state index >= 15 is 0 Å². The van der Waals surface area contributed by atoms with Crippen LogP contribution in [0, 0.1) is 5.92 Å². The van der Waals surface area contributed by atoms with Crippen LogP contribution in [-0.4, -0.2) is 24.6 Å². The van der Waals surface area contributed by atoms with E-state index in [1.54, 1.807) is 0 Å². The number of hydrogen-bond acceptors (Lipinski definition) is 2. The Balaban J connectivity index is 1.60. The zero-order chi connectivity index (χ0) is 8.93. The second kappa shape index (κ2) is 4.97. The van der Waals surface area contributed by atoms with Gasteiger partial charge >= 0.3 is 0 Å². The predicted molar refractivity (Wildman–Crippen MR) is 55.4 cm³/mol. The van der Waals surface area contributed by atoms with Crippen LogP contribution < -0.4 is 5.43 Å². The van der Waals surface area contributed by atoms with E-state index in [0.29, 0.717) is 0 Å². The number of hydrogen-bond donors (Lipinski definition) is 1. The molecule has 1 heterocycles. The van der Waals surface area contributed by atoms with E-state index in [1.807, 2.05) is 0 Å². The van der Waals surface area contributed by atoms with Gasteiger partial charge < -0.3 is 0 Å². The van der Waals surface area contributed by atoms with E-state index in [9.17, 15) is 0 Å². The van der Waals surface area contributed by atoms with Crippen molar-refractivity contribution in [2.24, 2.45) is 5.92 Å². The molecule has 1 aliphatic carbocycles. The molecule has 0 radical (unpaired) electrons. The summed E-state index contributed by atoms with van der Waals surface area (Å²) >= 11 is 0. The van der Waals surface area contributed by atoms with E-state index in [0.717, 1.165) is 5.92 Å². The Bertz CT molecular complexity index is 135. The molecule has 76 valence electrons. The Kier molecular flexibility index (Phi) is 3.62. The molecule has 2 aliphatic rings. The minimum Gasteiger partial charge on any atom is -0.255 e. The third-order valence-electron chi connectivity index (χ3n) is 3.43. The Hall–Kier alpha value is -0.0800. The van der Waals surface area contributed by atoms with Gasteiger partial charge in [0.15, 0.2) is 0 Å². The maximum atomic E-state index is 3.60. The molecule has 2 fully saturated rings. The van der Waals surface area contributed by atoms with Crippen molar-refractivity contribution in [2.75, 3.05) is 19.6 Å². The van der Waals surface area contributed by atoms with Crippen LogP contribution in [0.25, 0.3) is 0 Å². The molecule has 0 aromatic heterocycles. The Morgan fingerprint density at radius 2 is 1.62 bits per heavy atom. The van der Waals surface area contributed by atoms with Crippen molar-refractivity contribution in [3.05, 3.63) is 0 Å². The lowest BCUT2D eigenvalue weighted by atomic mass is 10.1. The Morgan fingerprint density at radius 3 is 2.31 bits per heavy atom. The summed E-state index contributed by atoms with van der Waals surface area (Å²) in [5, 5.41) is 2.43. The van der Waals surface area contributed by atoms with Gasteiger partial charge in [0.1, 0.15) is 0 Å². The van der Waals surface area contributed by atoms with Crippen LogP contribution in [0.2, 0.25) is 0 Å².